The lowest BCUT2D eigenvalue weighted by atomic mass is 10.2. The number of rotatable bonds is 5. The molecule has 0 unspecified atom stereocenters. The summed E-state index contributed by atoms with van der Waals surface area (Å²) in [6.07, 6.45) is 6.92. The van der Waals surface area contributed by atoms with Gasteiger partial charge in [-0.25, -0.2) is 9.97 Å². The molecular weight excluding hydrogens is 260 g/mol. The highest BCUT2D eigenvalue weighted by atomic mass is 35.5. The van der Waals surface area contributed by atoms with Gasteiger partial charge in [0.05, 0.1) is 0 Å². The molecule has 0 saturated heterocycles. The van der Waals surface area contributed by atoms with Crippen LogP contribution in [-0.4, -0.2) is 28.5 Å². The van der Waals surface area contributed by atoms with E-state index in [1.807, 2.05) is 31.6 Å². The zero-order chi connectivity index (χ0) is 13.7. The average Bonchev–Trinajstić information content (AvgIpc) is 2.45. The lowest BCUT2D eigenvalue weighted by Gasteiger charge is -2.21. The van der Waals surface area contributed by atoms with Gasteiger partial charge in [0, 0.05) is 31.5 Å². The van der Waals surface area contributed by atoms with Crippen LogP contribution < -0.4 is 4.90 Å². The molecule has 0 aliphatic rings. The molecule has 0 aromatic carbocycles. The Kier molecular flexibility index (Phi) is 4.68. The van der Waals surface area contributed by atoms with Crippen LogP contribution in [0.4, 0.5) is 5.82 Å². The lowest BCUT2D eigenvalue weighted by molar-refractivity contribution is 0.841. The van der Waals surface area contributed by atoms with E-state index < -0.39 is 0 Å². The van der Waals surface area contributed by atoms with Crippen molar-refractivity contribution in [1.29, 1.82) is 0 Å². The first kappa shape index (κ1) is 13.7. The number of likely N-dealkylation sites (N-methyl/N-ethyl adjacent to an activating group) is 1. The van der Waals surface area contributed by atoms with Crippen LogP contribution in [0.1, 0.15) is 18.1 Å². The second-order valence-electron chi connectivity index (χ2n) is 4.35. The molecule has 100 valence electrons. The van der Waals surface area contributed by atoms with Crippen LogP contribution in [0.3, 0.4) is 0 Å². The van der Waals surface area contributed by atoms with Gasteiger partial charge in [0.15, 0.2) is 0 Å². The van der Waals surface area contributed by atoms with Gasteiger partial charge in [-0.3, -0.25) is 4.98 Å². The van der Waals surface area contributed by atoms with Crippen molar-refractivity contribution in [1.82, 2.24) is 15.0 Å². The number of hydrogen-bond acceptors (Lipinski definition) is 4. The summed E-state index contributed by atoms with van der Waals surface area (Å²) in [5.41, 5.74) is 2.27. The third-order valence-electron chi connectivity index (χ3n) is 3.07. The molecule has 0 bridgehead atoms. The summed E-state index contributed by atoms with van der Waals surface area (Å²) in [4.78, 5) is 14.5. The molecule has 0 radical (unpaired) electrons. The Hall–Kier alpha value is -1.68. The normalized spacial score (nSPS) is 10.5. The summed E-state index contributed by atoms with van der Waals surface area (Å²) < 4.78 is 0. The van der Waals surface area contributed by atoms with Gasteiger partial charge in [0.2, 0.25) is 0 Å². The molecule has 0 fully saturated rings. The highest BCUT2D eigenvalue weighted by molar-refractivity contribution is 6.30. The van der Waals surface area contributed by atoms with Gasteiger partial charge < -0.3 is 4.90 Å². The molecule has 0 spiro atoms. The van der Waals surface area contributed by atoms with Crippen molar-refractivity contribution in [2.75, 3.05) is 18.5 Å². The van der Waals surface area contributed by atoms with E-state index in [4.69, 9.17) is 11.6 Å². The van der Waals surface area contributed by atoms with E-state index in [1.54, 1.807) is 0 Å². The fourth-order valence-corrected chi connectivity index (χ4v) is 2.23. The second-order valence-corrected chi connectivity index (χ2v) is 4.71. The predicted octanol–water partition coefficient (Wildman–Crippen LogP) is 2.77. The molecule has 0 N–H and O–H groups in total. The molecule has 2 aromatic heterocycles. The maximum atomic E-state index is 6.10. The van der Waals surface area contributed by atoms with Gasteiger partial charge in [-0.05, 0) is 30.5 Å². The molecule has 0 aliphatic carbocycles. The van der Waals surface area contributed by atoms with Gasteiger partial charge >= 0.3 is 0 Å². The van der Waals surface area contributed by atoms with Gasteiger partial charge in [0.25, 0.3) is 0 Å². The summed E-state index contributed by atoms with van der Waals surface area (Å²) >= 11 is 6.10. The van der Waals surface area contributed by atoms with E-state index in [9.17, 15) is 0 Å². The molecule has 0 amide bonds. The first-order chi connectivity index (χ1) is 9.22. The van der Waals surface area contributed by atoms with Crippen molar-refractivity contribution in [3.8, 4) is 0 Å². The predicted molar refractivity (Wildman–Crippen MR) is 77.6 cm³/mol. The number of anilines is 1. The van der Waals surface area contributed by atoms with Crippen LogP contribution in [-0.2, 0) is 12.8 Å². The van der Waals surface area contributed by atoms with Crippen molar-refractivity contribution in [3.05, 3.63) is 47.1 Å². The van der Waals surface area contributed by atoms with Gasteiger partial charge in [0.1, 0.15) is 17.3 Å². The van der Waals surface area contributed by atoms with Crippen LogP contribution in [0.25, 0.3) is 0 Å². The minimum absolute atomic E-state index is 0.545. The Morgan fingerprint density at radius 2 is 1.95 bits per heavy atom. The Morgan fingerprint density at radius 1 is 1.21 bits per heavy atom. The van der Waals surface area contributed by atoms with Gasteiger partial charge in [-0.1, -0.05) is 18.5 Å². The first-order valence-corrected chi connectivity index (χ1v) is 6.69. The fraction of sp³-hybridized carbons (Fsp3) is 0.357. The van der Waals surface area contributed by atoms with E-state index in [0.717, 1.165) is 30.8 Å². The minimum Gasteiger partial charge on any atom is -0.359 e. The van der Waals surface area contributed by atoms with Gasteiger partial charge in [-0.15, -0.1) is 0 Å². The Balaban J connectivity index is 2.08. The number of hydrogen-bond donors (Lipinski definition) is 0. The molecule has 0 aliphatic heterocycles. The SMILES string of the molecule is CCc1c(Cl)ncnc1N(C)CCc1ccncc1. The van der Waals surface area contributed by atoms with Crippen LogP contribution in [0, 0.1) is 0 Å². The fourth-order valence-electron chi connectivity index (χ4n) is 1.97. The molecule has 5 heteroatoms. The summed E-state index contributed by atoms with van der Waals surface area (Å²) in [5, 5.41) is 0.545. The van der Waals surface area contributed by atoms with E-state index in [0.29, 0.717) is 5.15 Å². The molecule has 0 atom stereocenters. The van der Waals surface area contributed by atoms with Crippen molar-refractivity contribution in [2.24, 2.45) is 0 Å². The Labute approximate surface area is 118 Å². The molecule has 19 heavy (non-hydrogen) atoms. The minimum atomic E-state index is 0.545. The molecule has 0 saturated carbocycles. The van der Waals surface area contributed by atoms with Crippen LogP contribution in [0.5, 0.6) is 0 Å². The Morgan fingerprint density at radius 3 is 2.63 bits per heavy atom. The van der Waals surface area contributed by atoms with Crippen molar-refractivity contribution >= 4 is 17.4 Å². The number of pyridine rings is 1. The maximum absolute atomic E-state index is 6.10. The number of halogens is 1. The molecule has 2 rings (SSSR count). The monoisotopic (exact) mass is 276 g/mol. The third kappa shape index (κ3) is 3.41. The summed E-state index contributed by atoms with van der Waals surface area (Å²) in [6, 6.07) is 4.06. The zero-order valence-electron chi connectivity index (χ0n) is 11.2. The highest BCUT2D eigenvalue weighted by Crippen LogP contribution is 2.22. The topological polar surface area (TPSA) is 41.9 Å². The van der Waals surface area contributed by atoms with E-state index in [1.165, 1.54) is 11.9 Å². The number of aromatic nitrogens is 3. The molecule has 4 nitrogen and oxygen atoms in total. The molecule has 2 heterocycles. The Bertz CT molecular complexity index is 530. The number of nitrogens with zero attached hydrogens (tertiary/aromatic N) is 4. The highest BCUT2D eigenvalue weighted by Gasteiger charge is 2.11. The van der Waals surface area contributed by atoms with Crippen molar-refractivity contribution in [3.63, 3.8) is 0 Å². The van der Waals surface area contributed by atoms with Crippen LogP contribution in [0.2, 0.25) is 5.15 Å². The van der Waals surface area contributed by atoms with Crippen molar-refractivity contribution in [2.45, 2.75) is 19.8 Å². The van der Waals surface area contributed by atoms with E-state index >= 15 is 0 Å². The zero-order valence-corrected chi connectivity index (χ0v) is 11.9. The third-order valence-corrected chi connectivity index (χ3v) is 3.40. The standard InChI is InChI=1S/C14H17ClN4/c1-3-12-13(15)17-10-18-14(12)19(2)9-6-11-4-7-16-8-5-11/h4-5,7-8,10H,3,6,9H2,1-2H3. The molecular formula is C14H17ClN4. The van der Waals surface area contributed by atoms with Crippen molar-refractivity contribution < 1.29 is 0 Å². The summed E-state index contributed by atoms with van der Waals surface area (Å²) in [5.74, 6) is 0.913. The van der Waals surface area contributed by atoms with Crippen LogP contribution in [0.15, 0.2) is 30.9 Å². The maximum Gasteiger partial charge on any atom is 0.137 e. The van der Waals surface area contributed by atoms with E-state index in [2.05, 4.69) is 26.8 Å². The molecule has 2 aromatic rings. The second kappa shape index (κ2) is 6.48. The quantitative estimate of drug-likeness (QED) is 0.788. The summed E-state index contributed by atoms with van der Waals surface area (Å²) in [7, 11) is 2.03. The van der Waals surface area contributed by atoms with E-state index in [-0.39, 0.29) is 0 Å². The lowest BCUT2D eigenvalue weighted by Crippen LogP contribution is -2.23. The largest absolute Gasteiger partial charge is 0.359 e. The smallest absolute Gasteiger partial charge is 0.137 e. The first-order valence-electron chi connectivity index (χ1n) is 6.31. The average molecular weight is 277 g/mol. The van der Waals surface area contributed by atoms with Gasteiger partial charge in [-0.2, -0.15) is 0 Å². The summed E-state index contributed by atoms with van der Waals surface area (Å²) in [6.45, 7) is 2.94. The van der Waals surface area contributed by atoms with Crippen LogP contribution >= 0.6 is 11.6 Å².